The number of anilines is 1. The third-order valence-corrected chi connectivity index (χ3v) is 2.44. The van der Waals surface area contributed by atoms with Crippen molar-refractivity contribution in [3.63, 3.8) is 0 Å². The lowest BCUT2D eigenvalue weighted by atomic mass is 10.2. The zero-order chi connectivity index (χ0) is 11.2. The van der Waals surface area contributed by atoms with Gasteiger partial charge >= 0.3 is 0 Å². The highest BCUT2D eigenvalue weighted by atomic mass is 16.3. The third-order valence-electron chi connectivity index (χ3n) is 2.44. The Labute approximate surface area is 95.6 Å². The lowest BCUT2D eigenvalue weighted by molar-refractivity contribution is -0.307. The molecule has 0 amide bonds. The molecule has 1 N–H and O–H groups in total. The van der Waals surface area contributed by atoms with Gasteiger partial charge in [-0.3, -0.25) is 0 Å². The first-order valence-electron chi connectivity index (χ1n) is 5.40. The summed E-state index contributed by atoms with van der Waals surface area (Å²) in [5.41, 5.74) is 1.85. The summed E-state index contributed by atoms with van der Waals surface area (Å²) in [4.78, 5) is 0. The van der Waals surface area contributed by atoms with Crippen LogP contribution < -0.4 is 10.4 Å². The van der Waals surface area contributed by atoms with Crippen LogP contribution in [0, 0.1) is 0 Å². The summed E-state index contributed by atoms with van der Waals surface area (Å²) in [5, 5.41) is 14.9. The highest BCUT2D eigenvalue weighted by Gasteiger charge is 1.95. The average Bonchev–Trinajstić information content (AvgIpc) is 2.84. The Morgan fingerprint density at radius 3 is 2.44 bits per heavy atom. The van der Waals surface area contributed by atoms with Crippen LogP contribution in [0.1, 0.15) is 6.42 Å². The molecule has 1 aliphatic rings. The van der Waals surface area contributed by atoms with E-state index in [9.17, 15) is 5.11 Å². The van der Waals surface area contributed by atoms with Crippen molar-refractivity contribution in [1.29, 1.82) is 0 Å². The highest BCUT2D eigenvalue weighted by molar-refractivity contribution is 5.43. The van der Waals surface area contributed by atoms with E-state index in [-0.39, 0.29) is 5.76 Å². The fourth-order valence-corrected chi connectivity index (χ4v) is 1.58. The van der Waals surface area contributed by atoms with Crippen molar-refractivity contribution in [2.75, 3.05) is 11.9 Å². The fourth-order valence-electron chi connectivity index (χ4n) is 1.58. The largest absolute Gasteiger partial charge is 0.875 e. The molecule has 0 saturated carbocycles. The van der Waals surface area contributed by atoms with Crippen LogP contribution in [0.2, 0.25) is 0 Å². The molecule has 0 spiro atoms. The number of allylic oxidation sites excluding steroid dienone is 5. The van der Waals surface area contributed by atoms with Gasteiger partial charge in [0.2, 0.25) is 0 Å². The molecular weight excluding hydrogens is 198 g/mol. The molecule has 0 saturated heterocycles. The fraction of sp³-hybridized carbons (Fsp3) is 0.143. The van der Waals surface area contributed by atoms with Crippen molar-refractivity contribution in [3.8, 4) is 0 Å². The smallest absolute Gasteiger partial charge is 0.0340 e. The van der Waals surface area contributed by atoms with E-state index in [1.807, 2.05) is 54.6 Å². The van der Waals surface area contributed by atoms with Gasteiger partial charge in [0.05, 0.1) is 0 Å². The molecule has 0 bridgehead atoms. The van der Waals surface area contributed by atoms with Crippen LogP contribution >= 0.6 is 0 Å². The van der Waals surface area contributed by atoms with Crippen LogP contribution in [0.25, 0.3) is 0 Å². The van der Waals surface area contributed by atoms with Crippen LogP contribution in [-0.4, -0.2) is 6.54 Å². The summed E-state index contributed by atoms with van der Waals surface area (Å²) in [5.74, 6) is 0.188. The van der Waals surface area contributed by atoms with E-state index in [1.54, 1.807) is 0 Å². The molecule has 82 valence electrons. The molecule has 2 nitrogen and oxygen atoms in total. The van der Waals surface area contributed by atoms with Gasteiger partial charge in [0, 0.05) is 12.2 Å². The average molecular weight is 212 g/mol. The quantitative estimate of drug-likeness (QED) is 0.777. The van der Waals surface area contributed by atoms with E-state index in [0.717, 1.165) is 11.3 Å². The summed E-state index contributed by atoms with van der Waals surface area (Å²) in [6, 6.07) is 9.91. The minimum absolute atomic E-state index is 0.188. The van der Waals surface area contributed by atoms with E-state index in [0.29, 0.717) is 13.0 Å². The first-order valence-corrected chi connectivity index (χ1v) is 5.40. The maximum absolute atomic E-state index is 11.7. The zero-order valence-electron chi connectivity index (χ0n) is 9.02. The van der Waals surface area contributed by atoms with Gasteiger partial charge in [0.25, 0.3) is 0 Å². The molecule has 0 radical (unpaired) electrons. The predicted octanol–water partition coefficient (Wildman–Crippen LogP) is 2.23. The van der Waals surface area contributed by atoms with Gasteiger partial charge in [-0.15, -0.1) is 5.76 Å². The summed E-state index contributed by atoms with van der Waals surface area (Å²) in [6.07, 6.45) is 8.00. The first-order chi connectivity index (χ1) is 7.86. The van der Waals surface area contributed by atoms with E-state index < -0.39 is 0 Å². The number of hydrogen-bond donors (Lipinski definition) is 1. The molecular formula is C14H14NO-. The zero-order valence-corrected chi connectivity index (χ0v) is 9.02. The van der Waals surface area contributed by atoms with Crippen molar-refractivity contribution in [2.45, 2.75) is 6.42 Å². The molecule has 16 heavy (non-hydrogen) atoms. The van der Waals surface area contributed by atoms with Crippen molar-refractivity contribution < 1.29 is 5.11 Å². The van der Waals surface area contributed by atoms with E-state index in [4.69, 9.17) is 0 Å². The number of benzene rings is 1. The van der Waals surface area contributed by atoms with Gasteiger partial charge in [-0.05, 0) is 24.1 Å². The first kappa shape index (κ1) is 10.6. The second-order valence-electron chi connectivity index (χ2n) is 3.64. The van der Waals surface area contributed by atoms with Gasteiger partial charge in [-0.2, -0.15) is 0 Å². The van der Waals surface area contributed by atoms with Crippen molar-refractivity contribution >= 4 is 5.69 Å². The monoisotopic (exact) mass is 212 g/mol. The Kier molecular flexibility index (Phi) is 3.44. The van der Waals surface area contributed by atoms with Crippen molar-refractivity contribution in [1.82, 2.24) is 0 Å². The van der Waals surface area contributed by atoms with Crippen molar-refractivity contribution in [2.24, 2.45) is 0 Å². The standard InChI is InChI=1S/C14H15NO/c16-14(12-6-4-5-7-12)10-11-15-13-8-2-1-3-9-13/h1-9,15-16H,10-11H2/p-1. The van der Waals surface area contributed by atoms with E-state index >= 15 is 0 Å². The maximum atomic E-state index is 11.7. The Hall–Kier alpha value is -1.96. The van der Waals surface area contributed by atoms with Gasteiger partial charge in [-0.25, -0.2) is 0 Å². The van der Waals surface area contributed by atoms with Crippen LogP contribution in [0.15, 0.2) is 66.0 Å². The molecule has 0 fully saturated rings. The second-order valence-corrected chi connectivity index (χ2v) is 3.64. The Morgan fingerprint density at radius 2 is 1.75 bits per heavy atom. The predicted molar refractivity (Wildman–Crippen MR) is 64.9 cm³/mol. The highest BCUT2D eigenvalue weighted by Crippen LogP contribution is 2.12. The van der Waals surface area contributed by atoms with Crippen molar-refractivity contribution in [3.05, 3.63) is 66.0 Å². The third kappa shape index (κ3) is 2.76. The number of hydrogen-bond acceptors (Lipinski definition) is 2. The summed E-state index contributed by atoms with van der Waals surface area (Å²) in [7, 11) is 0. The van der Waals surface area contributed by atoms with Crippen LogP contribution in [0.5, 0.6) is 0 Å². The molecule has 0 atom stereocenters. The lowest BCUT2D eigenvalue weighted by Gasteiger charge is -2.15. The molecule has 0 unspecified atom stereocenters. The van der Waals surface area contributed by atoms with Gasteiger partial charge in [0.1, 0.15) is 0 Å². The van der Waals surface area contributed by atoms with Crippen LogP contribution in [0.3, 0.4) is 0 Å². The molecule has 1 aromatic carbocycles. The van der Waals surface area contributed by atoms with E-state index in [1.165, 1.54) is 0 Å². The summed E-state index contributed by atoms with van der Waals surface area (Å²) >= 11 is 0. The maximum Gasteiger partial charge on any atom is 0.0340 e. The van der Waals surface area contributed by atoms with Crippen LogP contribution in [-0.2, 0) is 0 Å². The Balaban J connectivity index is 1.83. The molecule has 1 aromatic rings. The summed E-state index contributed by atoms with van der Waals surface area (Å²) < 4.78 is 0. The van der Waals surface area contributed by atoms with Gasteiger partial charge in [-0.1, -0.05) is 42.5 Å². The SMILES string of the molecule is [O-]C(CCNc1ccccc1)=C1C=CC=C1. The molecule has 2 rings (SSSR count). The number of rotatable bonds is 4. The lowest BCUT2D eigenvalue weighted by Crippen LogP contribution is -2.11. The number of nitrogens with one attached hydrogen (secondary N) is 1. The molecule has 2 heteroatoms. The molecule has 0 aliphatic heterocycles. The minimum atomic E-state index is 0.188. The van der Waals surface area contributed by atoms with Gasteiger partial charge in [0.15, 0.2) is 0 Å². The molecule has 1 aliphatic carbocycles. The number of para-hydroxylation sites is 1. The minimum Gasteiger partial charge on any atom is -0.875 e. The molecule has 0 heterocycles. The second kappa shape index (κ2) is 5.21. The Morgan fingerprint density at radius 1 is 1.06 bits per heavy atom. The van der Waals surface area contributed by atoms with Gasteiger partial charge < -0.3 is 10.4 Å². The van der Waals surface area contributed by atoms with Crippen LogP contribution in [0.4, 0.5) is 5.69 Å². The molecule has 0 aromatic heterocycles. The normalized spacial score (nSPS) is 13.1. The topological polar surface area (TPSA) is 35.1 Å². The summed E-state index contributed by atoms with van der Waals surface area (Å²) in [6.45, 7) is 0.675. The van der Waals surface area contributed by atoms with E-state index in [2.05, 4.69) is 5.32 Å². The Bertz CT molecular complexity index is 415.